The minimum atomic E-state index is -3.39. The molecule has 0 amide bonds. The molecule has 8 nitrogen and oxygen atoms in total. The summed E-state index contributed by atoms with van der Waals surface area (Å²) in [5.74, 6) is -3.39. The summed E-state index contributed by atoms with van der Waals surface area (Å²) < 4.78 is 31.4. The van der Waals surface area contributed by atoms with E-state index in [9.17, 15) is 13.9 Å². The first-order valence-corrected chi connectivity index (χ1v) is 4.27. The van der Waals surface area contributed by atoms with Crippen molar-refractivity contribution >= 4 is 0 Å². The highest BCUT2D eigenvalue weighted by atomic mass is 19.3. The van der Waals surface area contributed by atoms with Gasteiger partial charge in [0, 0.05) is 16.2 Å². The Labute approximate surface area is 88.1 Å². The summed E-state index contributed by atoms with van der Waals surface area (Å²) in [6, 6.07) is -1.96. The maximum atomic E-state index is 13.3. The van der Waals surface area contributed by atoms with Crippen LogP contribution < -0.4 is 0 Å². The predicted octanol–water partition coefficient (Wildman–Crippen LogP) is 1.72. The van der Waals surface area contributed by atoms with Gasteiger partial charge in [0.05, 0.1) is 12.6 Å². The minimum Gasteiger partial charge on any atom is -0.367 e. The van der Waals surface area contributed by atoms with Gasteiger partial charge in [-0.25, -0.2) is 8.78 Å². The molecule has 0 aromatic rings. The number of azide groups is 2. The molecule has 0 radical (unpaired) electrons. The van der Waals surface area contributed by atoms with Crippen molar-refractivity contribution < 1.29 is 18.6 Å². The van der Waals surface area contributed by atoms with E-state index in [-0.39, 0.29) is 6.54 Å². The van der Waals surface area contributed by atoms with Gasteiger partial charge in [0.25, 0.3) is 5.92 Å². The van der Waals surface area contributed by atoms with Crippen LogP contribution in [0.4, 0.5) is 8.78 Å². The lowest BCUT2D eigenvalue weighted by Gasteiger charge is -2.36. The van der Waals surface area contributed by atoms with Gasteiger partial charge in [0.15, 0.2) is 12.3 Å². The third-order valence-electron chi connectivity index (χ3n) is 2.06. The van der Waals surface area contributed by atoms with E-state index in [0.29, 0.717) is 0 Å². The van der Waals surface area contributed by atoms with Crippen LogP contribution in [0.15, 0.2) is 10.2 Å². The fourth-order valence-corrected chi connectivity index (χ4v) is 1.38. The molecule has 3 unspecified atom stereocenters. The standard InChI is InChI=1S/C6H8F2N6O2/c7-6(8)1-3(2-11-13-9)16-5(15)4(6)12-14-10/h3-5,15H,1-2H2. The molecular formula is C6H8F2N6O2. The second-order valence-corrected chi connectivity index (χ2v) is 3.18. The number of aliphatic hydroxyl groups is 1. The Morgan fingerprint density at radius 2 is 2.12 bits per heavy atom. The van der Waals surface area contributed by atoms with E-state index >= 15 is 0 Å². The Morgan fingerprint density at radius 3 is 2.62 bits per heavy atom. The summed E-state index contributed by atoms with van der Waals surface area (Å²) >= 11 is 0. The lowest BCUT2D eigenvalue weighted by Crippen LogP contribution is -2.52. The smallest absolute Gasteiger partial charge is 0.264 e. The number of hydrogen-bond acceptors (Lipinski definition) is 4. The van der Waals surface area contributed by atoms with Gasteiger partial charge in [0.2, 0.25) is 0 Å². The Balaban J connectivity index is 2.78. The first-order chi connectivity index (χ1) is 7.51. The van der Waals surface area contributed by atoms with Crippen molar-refractivity contribution in [1.29, 1.82) is 0 Å². The monoisotopic (exact) mass is 234 g/mol. The lowest BCUT2D eigenvalue weighted by molar-refractivity contribution is -0.241. The molecule has 1 aliphatic rings. The van der Waals surface area contributed by atoms with E-state index in [4.69, 9.17) is 15.8 Å². The van der Waals surface area contributed by atoms with Crippen LogP contribution in [0.5, 0.6) is 0 Å². The van der Waals surface area contributed by atoms with Crippen LogP contribution in [-0.2, 0) is 4.74 Å². The second-order valence-electron chi connectivity index (χ2n) is 3.18. The van der Waals surface area contributed by atoms with Gasteiger partial charge >= 0.3 is 0 Å². The van der Waals surface area contributed by atoms with E-state index in [1.165, 1.54) is 0 Å². The van der Waals surface area contributed by atoms with Crippen LogP contribution in [0.25, 0.3) is 20.9 Å². The molecule has 3 atom stereocenters. The van der Waals surface area contributed by atoms with E-state index in [2.05, 4.69) is 20.1 Å². The molecule has 0 bridgehead atoms. The van der Waals surface area contributed by atoms with E-state index in [1.54, 1.807) is 0 Å². The lowest BCUT2D eigenvalue weighted by atomic mass is 9.99. The van der Waals surface area contributed by atoms with Crippen molar-refractivity contribution in [2.45, 2.75) is 30.8 Å². The highest BCUT2D eigenvalue weighted by Gasteiger charge is 2.50. The molecule has 0 spiro atoms. The number of nitrogens with zero attached hydrogens (tertiary/aromatic N) is 6. The largest absolute Gasteiger partial charge is 0.367 e. The van der Waals surface area contributed by atoms with Crippen LogP contribution in [0.1, 0.15) is 6.42 Å². The van der Waals surface area contributed by atoms with Crippen molar-refractivity contribution in [1.82, 2.24) is 0 Å². The number of alkyl halides is 2. The van der Waals surface area contributed by atoms with Crippen molar-refractivity contribution in [3.05, 3.63) is 20.9 Å². The summed E-state index contributed by atoms with van der Waals surface area (Å²) in [7, 11) is 0. The molecule has 16 heavy (non-hydrogen) atoms. The van der Waals surface area contributed by atoms with Gasteiger partial charge in [-0.15, -0.1) is 0 Å². The summed E-state index contributed by atoms with van der Waals surface area (Å²) in [5.41, 5.74) is 16.1. The third-order valence-corrected chi connectivity index (χ3v) is 2.06. The van der Waals surface area contributed by atoms with Gasteiger partial charge in [-0.2, -0.15) is 0 Å². The van der Waals surface area contributed by atoms with Gasteiger partial charge in [-0.05, 0) is 11.1 Å². The Hall–Kier alpha value is -1.60. The maximum Gasteiger partial charge on any atom is 0.264 e. The first kappa shape index (κ1) is 12.5. The average Bonchev–Trinajstić information content (AvgIpc) is 2.20. The molecule has 0 saturated carbocycles. The maximum absolute atomic E-state index is 13.3. The Bertz CT molecular complexity index is 351. The molecule has 0 aliphatic carbocycles. The van der Waals surface area contributed by atoms with Crippen LogP contribution in [0.3, 0.4) is 0 Å². The molecule has 1 fully saturated rings. The summed E-state index contributed by atoms with van der Waals surface area (Å²) in [6.45, 7) is -0.313. The molecule has 1 saturated heterocycles. The highest BCUT2D eigenvalue weighted by Crippen LogP contribution is 2.35. The van der Waals surface area contributed by atoms with E-state index in [1.807, 2.05) is 0 Å². The first-order valence-electron chi connectivity index (χ1n) is 4.27. The zero-order chi connectivity index (χ0) is 12.2. The molecule has 1 heterocycles. The van der Waals surface area contributed by atoms with Crippen molar-refractivity contribution in [2.75, 3.05) is 6.54 Å². The highest BCUT2D eigenvalue weighted by molar-refractivity contribution is 4.93. The van der Waals surface area contributed by atoms with Crippen LogP contribution in [0, 0.1) is 0 Å². The fourth-order valence-electron chi connectivity index (χ4n) is 1.38. The summed E-state index contributed by atoms with van der Waals surface area (Å²) in [6.07, 6.45) is -3.77. The summed E-state index contributed by atoms with van der Waals surface area (Å²) in [5, 5.41) is 15.1. The van der Waals surface area contributed by atoms with Crippen molar-refractivity contribution in [3.63, 3.8) is 0 Å². The number of hydrogen-bond donors (Lipinski definition) is 1. The SMILES string of the molecule is [N-]=[N+]=NCC1CC(F)(F)C(N=[N+]=[N-])C(O)O1. The van der Waals surface area contributed by atoms with Crippen LogP contribution in [-0.4, -0.2) is 36.0 Å². The predicted molar refractivity (Wildman–Crippen MR) is 47.4 cm³/mol. The van der Waals surface area contributed by atoms with E-state index in [0.717, 1.165) is 0 Å². The van der Waals surface area contributed by atoms with Gasteiger partial charge in [-0.3, -0.25) is 0 Å². The molecular weight excluding hydrogens is 226 g/mol. The fraction of sp³-hybridized carbons (Fsp3) is 1.00. The summed E-state index contributed by atoms with van der Waals surface area (Å²) in [4.78, 5) is 4.61. The second kappa shape index (κ2) is 4.95. The molecule has 1 rings (SSSR count). The third kappa shape index (κ3) is 2.71. The van der Waals surface area contributed by atoms with Crippen molar-refractivity contribution in [3.8, 4) is 0 Å². The molecule has 1 aliphatic heterocycles. The number of rotatable bonds is 3. The molecule has 88 valence electrons. The van der Waals surface area contributed by atoms with Gasteiger partial charge < -0.3 is 9.84 Å². The molecule has 1 N–H and O–H groups in total. The van der Waals surface area contributed by atoms with E-state index < -0.39 is 30.8 Å². The minimum absolute atomic E-state index is 0.313. The number of aliphatic hydroxyl groups excluding tert-OH is 1. The van der Waals surface area contributed by atoms with Crippen LogP contribution >= 0.6 is 0 Å². The Kier molecular flexibility index (Phi) is 3.86. The molecule has 0 aromatic heterocycles. The Morgan fingerprint density at radius 1 is 1.44 bits per heavy atom. The van der Waals surface area contributed by atoms with Gasteiger partial charge in [-0.1, -0.05) is 10.2 Å². The van der Waals surface area contributed by atoms with Crippen molar-refractivity contribution in [2.24, 2.45) is 10.2 Å². The zero-order valence-electron chi connectivity index (χ0n) is 7.94. The number of halogens is 2. The van der Waals surface area contributed by atoms with Gasteiger partial charge in [0.1, 0.15) is 0 Å². The zero-order valence-corrected chi connectivity index (χ0v) is 7.94. The topological polar surface area (TPSA) is 127 Å². The molecule has 10 heteroatoms. The number of ether oxygens (including phenoxy) is 1. The quantitative estimate of drug-likeness (QED) is 0.453. The average molecular weight is 234 g/mol. The normalized spacial score (nSPS) is 32.3. The van der Waals surface area contributed by atoms with Crippen LogP contribution in [0.2, 0.25) is 0 Å². The molecule has 0 aromatic carbocycles.